The highest BCUT2D eigenvalue weighted by Crippen LogP contribution is 2.17. The van der Waals surface area contributed by atoms with Crippen molar-refractivity contribution in [1.29, 1.82) is 0 Å². The molecule has 1 aromatic rings. The summed E-state index contributed by atoms with van der Waals surface area (Å²) in [6.07, 6.45) is 2.54. The fourth-order valence-electron chi connectivity index (χ4n) is 2.95. The summed E-state index contributed by atoms with van der Waals surface area (Å²) in [6.45, 7) is 6.27. The third kappa shape index (κ3) is 4.70. The number of nitrogens with one attached hydrogen (secondary N) is 1. The molecule has 0 spiro atoms. The molecule has 2 amide bonds. The van der Waals surface area contributed by atoms with Crippen LogP contribution in [0.25, 0.3) is 0 Å². The lowest BCUT2D eigenvalue weighted by molar-refractivity contribution is 0.135. The van der Waals surface area contributed by atoms with Crippen LogP contribution in [0.4, 0.5) is 4.79 Å². The summed E-state index contributed by atoms with van der Waals surface area (Å²) in [5.74, 6) is 0. The maximum atomic E-state index is 12.6. The van der Waals surface area contributed by atoms with Gasteiger partial charge in [0.1, 0.15) is 0 Å². The van der Waals surface area contributed by atoms with Gasteiger partial charge in [0.25, 0.3) is 10.0 Å². The second-order valence-corrected chi connectivity index (χ2v) is 8.13. The molecular weight excluding hydrogens is 326 g/mol. The molecule has 24 heavy (non-hydrogen) atoms. The van der Waals surface area contributed by atoms with E-state index in [0.29, 0.717) is 6.54 Å². The zero-order chi connectivity index (χ0) is 17.7. The smallest absolute Gasteiger partial charge is 0.321 e. The Morgan fingerprint density at radius 2 is 1.83 bits per heavy atom. The maximum Gasteiger partial charge on any atom is 0.331 e. The van der Waals surface area contributed by atoms with E-state index in [0.717, 1.165) is 37.9 Å². The lowest BCUT2D eigenvalue weighted by atomic mass is 10.0. The number of hydrogen-bond acceptors (Lipinski definition) is 4. The minimum atomic E-state index is -3.84. The van der Waals surface area contributed by atoms with Gasteiger partial charge in [0.15, 0.2) is 0 Å². The van der Waals surface area contributed by atoms with Gasteiger partial charge in [0.2, 0.25) is 0 Å². The van der Waals surface area contributed by atoms with Gasteiger partial charge in [-0.05, 0) is 58.5 Å². The second-order valence-electron chi connectivity index (χ2n) is 6.45. The average Bonchev–Trinajstić information content (AvgIpc) is 2.53. The summed E-state index contributed by atoms with van der Waals surface area (Å²) < 4.78 is 27.1. The zero-order valence-corrected chi connectivity index (χ0v) is 15.5. The SMILES string of the molecule is CCCN(C(=O)NS(=O)(=O)c1ccc(C)cc1)C1CCN(C)CC1. The number of sulfonamides is 1. The van der Waals surface area contributed by atoms with E-state index < -0.39 is 16.1 Å². The second kappa shape index (κ2) is 7.98. The molecular formula is C17H27N3O3S. The van der Waals surface area contributed by atoms with Crippen molar-refractivity contribution in [1.82, 2.24) is 14.5 Å². The topological polar surface area (TPSA) is 69.7 Å². The third-order valence-electron chi connectivity index (χ3n) is 4.41. The molecule has 1 heterocycles. The first kappa shape index (κ1) is 18.7. The lowest BCUT2D eigenvalue weighted by Gasteiger charge is -2.37. The molecule has 7 heteroatoms. The normalized spacial score (nSPS) is 16.8. The molecule has 0 saturated carbocycles. The largest absolute Gasteiger partial charge is 0.331 e. The number of piperidine rings is 1. The Labute approximate surface area is 144 Å². The highest BCUT2D eigenvalue weighted by atomic mass is 32.2. The Bertz CT molecular complexity index is 650. The average molecular weight is 353 g/mol. The summed E-state index contributed by atoms with van der Waals surface area (Å²) in [5, 5.41) is 0. The minimum Gasteiger partial charge on any atom is -0.321 e. The standard InChI is InChI=1S/C17H27N3O3S/c1-4-11-20(15-9-12-19(3)13-10-15)17(21)18-24(22,23)16-7-5-14(2)6-8-16/h5-8,15H,4,9-13H2,1-3H3,(H,18,21). The number of benzene rings is 1. The molecule has 0 radical (unpaired) electrons. The Morgan fingerprint density at radius 1 is 1.25 bits per heavy atom. The van der Waals surface area contributed by atoms with Crippen LogP contribution in [0, 0.1) is 6.92 Å². The van der Waals surface area contributed by atoms with E-state index in [1.54, 1.807) is 17.0 Å². The zero-order valence-electron chi connectivity index (χ0n) is 14.7. The van der Waals surface area contributed by atoms with E-state index in [2.05, 4.69) is 16.7 Å². The molecule has 0 bridgehead atoms. The molecule has 0 atom stereocenters. The van der Waals surface area contributed by atoms with Gasteiger partial charge in [-0.2, -0.15) is 0 Å². The van der Waals surface area contributed by atoms with Gasteiger partial charge in [-0.15, -0.1) is 0 Å². The number of amides is 2. The van der Waals surface area contributed by atoms with E-state index in [9.17, 15) is 13.2 Å². The van der Waals surface area contributed by atoms with E-state index in [-0.39, 0.29) is 10.9 Å². The molecule has 6 nitrogen and oxygen atoms in total. The highest BCUT2D eigenvalue weighted by Gasteiger charge is 2.29. The first-order valence-corrected chi connectivity index (χ1v) is 9.90. The van der Waals surface area contributed by atoms with Gasteiger partial charge >= 0.3 is 6.03 Å². The summed E-state index contributed by atoms with van der Waals surface area (Å²) in [7, 11) is -1.78. The van der Waals surface area contributed by atoms with Crippen molar-refractivity contribution in [3.63, 3.8) is 0 Å². The minimum absolute atomic E-state index is 0.0920. The van der Waals surface area contributed by atoms with Crippen LogP contribution in [0.15, 0.2) is 29.2 Å². The van der Waals surface area contributed by atoms with Crippen molar-refractivity contribution >= 4 is 16.1 Å². The van der Waals surface area contributed by atoms with Crippen molar-refractivity contribution < 1.29 is 13.2 Å². The van der Waals surface area contributed by atoms with Crippen molar-refractivity contribution in [3.8, 4) is 0 Å². The summed E-state index contributed by atoms with van der Waals surface area (Å²) >= 11 is 0. The third-order valence-corrected chi connectivity index (χ3v) is 5.74. The first-order chi connectivity index (χ1) is 11.3. The van der Waals surface area contributed by atoms with Gasteiger partial charge in [-0.25, -0.2) is 17.9 Å². The number of likely N-dealkylation sites (tertiary alicyclic amines) is 1. The Balaban J connectivity index is 2.10. The molecule has 1 aliphatic rings. The molecule has 1 N–H and O–H groups in total. The Hall–Kier alpha value is -1.60. The van der Waals surface area contributed by atoms with E-state index >= 15 is 0 Å². The van der Waals surface area contributed by atoms with Crippen LogP contribution in [0.5, 0.6) is 0 Å². The van der Waals surface area contributed by atoms with Crippen molar-refractivity contribution in [2.45, 2.75) is 44.0 Å². The molecule has 0 aliphatic carbocycles. The summed E-state index contributed by atoms with van der Waals surface area (Å²) in [6, 6.07) is 6.05. The Morgan fingerprint density at radius 3 is 2.38 bits per heavy atom. The Kier molecular flexibility index (Phi) is 6.23. The molecule has 1 aromatic carbocycles. The summed E-state index contributed by atoms with van der Waals surface area (Å²) in [5.41, 5.74) is 0.971. The number of carbonyl (C=O) groups is 1. The number of rotatable bonds is 5. The number of urea groups is 1. The van der Waals surface area contributed by atoms with E-state index in [1.165, 1.54) is 12.1 Å². The van der Waals surface area contributed by atoms with Gasteiger partial charge < -0.3 is 9.80 Å². The number of nitrogens with zero attached hydrogens (tertiary/aromatic N) is 2. The van der Waals surface area contributed by atoms with Gasteiger partial charge in [-0.3, -0.25) is 0 Å². The quantitative estimate of drug-likeness (QED) is 0.881. The van der Waals surface area contributed by atoms with E-state index in [1.807, 2.05) is 13.8 Å². The van der Waals surface area contributed by atoms with Crippen LogP contribution >= 0.6 is 0 Å². The van der Waals surface area contributed by atoms with Crippen LogP contribution < -0.4 is 4.72 Å². The molecule has 1 saturated heterocycles. The van der Waals surface area contributed by atoms with Crippen molar-refractivity contribution in [3.05, 3.63) is 29.8 Å². The predicted molar refractivity (Wildman–Crippen MR) is 94.4 cm³/mol. The van der Waals surface area contributed by atoms with Crippen LogP contribution in [0.2, 0.25) is 0 Å². The van der Waals surface area contributed by atoms with Crippen molar-refractivity contribution in [2.75, 3.05) is 26.7 Å². The monoisotopic (exact) mass is 353 g/mol. The molecule has 2 rings (SSSR count). The van der Waals surface area contributed by atoms with Gasteiger partial charge in [0, 0.05) is 12.6 Å². The van der Waals surface area contributed by atoms with Gasteiger partial charge in [-0.1, -0.05) is 24.6 Å². The van der Waals surface area contributed by atoms with Crippen molar-refractivity contribution in [2.24, 2.45) is 0 Å². The van der Waals surface area contributed by atoms with Crippen LogP contribution in [0.1, 0.15) is 31.7 Å². The predicted octanol–water partition coefficient (Wildman–Crippen LogP) is 2.20. The van der Waals surface area contributed by atoms with Gasteiger partial charge in [0.05, 0.1) is 4.90 Å². The molecule has 1 aliphatic heterocycles. The first-order valence-electron chi connectivity index (χ1n) is 8.42. The highest BCUT2D eigenvalue weighted by molar-refractivity contribution is 7.90. The van der Waals surface area contributed by atoms with E-state index in [4.69, 9.17) is 0 Å². The fraction of sp³-hybridized carbons (Fsp3) is 0.588. The van der Waals surface area contributed by atoms with Crippen LogP contribution in [-0.2, 0) is 10.0 Å². The fourth-order valence-corrected chi connectivity index (χ4v) is 3.91. The van der Waals surface area contributed by atoms with Crippen LogP contribution in [0.3, 0.4) is 0 Å². The molecule has 0 aromatic heterocycles. The molecule has 1 fully saturated rings. The lowest BCUT2D eigenvalue weighted by Crippen LogP contribution is -2.51. The summed E-state index contributed by atoms with van der Waals surface area (Å²) in [4.78, 5) is 16.6. The number of aryl methyl sites for hydroxylation is 1. The maximum absolute atomic E-state index is 12.6. The number of carbonyl (C=O) groups excluding carboxylic acids is 1. The number of hydrogen-bond donors (Lipinski definition) is 1. The van der Waals surface area contributed by atoms with Crippen LogP contribution in [-0.4, -0.2) is 57.0 Å². The molecule has 0 unspecified atom stereocenters. The molecule has 134 valence electrons.